The Hall–Kier alpha value is -1.06. The van der Waals surface area contributed by atoms with Gasteiger partial charge in [0.05, 0.1) is 11.4 Å². The van der Waals surface area contributed by atoms with Crippen LogP contribution in [-0.2, 0) is 0 Å². The quantitative estimate of drug-likeness (QED) is 0.813. The van der Waals surface area contributed by atoms with Gasteiger partial charge in [-0.25, -0.2) is 9.97 Å². The van der Waals surface area contributed by atoms with Crippen molar-refractivity contribution in [2.45, 2.75) is 30.7 Å². The lowest BCUT2D eigenvalue weighted by atomic mass is 10.2. The number of hydrogen-bond donors (Lipinski definition) is 0. The summed E-state index contributed by atoms with van der Waals surface area (Å²) in [5, 5.41) is 1.24. The van der Waals surface area contributed by atoms with Crippen molar-refractivity contribution in [3.8, 4) is 0 Å². The van der Waals surface area contributed by atoms with Gasteiger partial charge in [0.2, 0.25) is 0 Å². The second kappa shape index (κ2) is 5.07. The van der Waals surface area contributed by atoms with Gasteiger partial charge in [-0.1, -0.05) is 41.6 Å². The molecule has 2 rings (SSSR count). The number of hydrogen-bond acceptors (Lipinski definition) is 3. The van der Waals surface area contributed by atoms with E-state index in [4.69, 9.17) is 11.6 Å². The number of aromatic nitrogens is 2. The number of nitrogens with zero attached hydrogens (tertiary/aromatic N) is 2. The van der Waals surface area contributed by atoms with E-state index in [-0.39, 0.29) is 0 Å². The van der Waals surface area contributed by atoms with E-state index >= 15 is 0 Å². The van der Waals surface area contributed by atoms with Crippen molar-refractivity contribution in [1.82, 2.24) is 9.97 Å². The summed E-state index contributed by atoms with van der Waals surface area (Å²) in [5.41, 5.74) is 3.02. The summed E-state index contributed by atoms with van der Waals surface area (Å²) < 4.78 is 0. The third-order valence-corrected chi connectivity index (χ3v) is 4.07. The van der Waals surface area contributed by atoms with Crippen LogP contribution in [0, 0.1) is 20.8 Å². The molecule has 0 aliphatic rings. The second-order valence-corrected chi connectivity index (χ2v) is 5.25. The minimum absolute atomic E-state index is 0.473. The van der Waals surface area contributed by atoms with E-state index in [1.54, 1.807) is 11.8 Å². The van der Waals surface area contributed by atoms with E-state index < -0.39 is 0 Å². The average Bonchev–Trinajstić information content (AvgIpc) is 2.29. The van der Waals surface area contributed by atoms with Crippen molar-refractivity contribution < 1.29 is 0 Å². The zero-order chi connectivity index (χ0) is 12.4. The number of benzene rings is 1. The molecular formula is C13H13ClN2S. The SMILES string of the molecule is Cc1ccccc1Sc1nc(C)c(C)nc1Cl. The van der Waals surface area contributed by atoms with Gasteiger partial charge < -0.3 is 0 Å². The smallest absolute Gasteiger partial charge is 0.161 e. The Balaban J connectivity index is 2.37. The third-order valence-electron chi connectivity index (χ3n) is 2.54. The van der Waals surface area contributed by atoms with Gasteiger partial charge >= 0.3 is 0 Å². The highest BCUT2D eigenvalue weighted by atomic mass is 35.5. The molecule has 0 fully saturated rings. The van der Waals surface area contributed by atoms with E-state index in [1.807, 2.05) is 26.0 Å². The summed E-state index contributed by atoms with van der Waals surface area (Å²) in [6.45, 7) is 5.93. The van der Waals surface area contributed by atoms with Crippen molar-refractivity contribution in [2.75, 3.05) is 0 Å². The van der Waals surface area contributed by atoms with Gasteiger partial charge in [-0.05, 0) is 32.4 Å². The lowest BCUT2D eigenvalue weighted by Gasteiger charge is -2.07. The van der Waals surface area contributed by atoms with Gasteiger partial charge in [-0.3, -0.25) is 0 Å². The molecule has 2 aromatic rings. The fourth-order valence-corrected chi connectivity index (χ4v) is 2.58. The van der Waals surface area contributed by atoms with Crippen LogP contribution in [0.15, 0.2) is 34.2 Å². The lowest BCUT2D eigenvalue weighted by molar-refractivity contribution is 0.957. The lowest BCUT2D eigenvalue weighted by Crippen LogP contribution is -1.95. The molecule has 0 spiro atoms. The van der Waals surface area contributed by atoms with Crippen molar-refractivity contribution in [3.05, 3.63) is 46.4 Å². The van der Waals surface area contributed by atoms with Gasteiger partial charge in [0.15, 0.2) is 5.15 Å². The molecule has 88 valence electrons. The molecule has 0 amide bonds. The van der Waals surface area contributed by atoms with Crippen molar-refractivity contribution in [1.29, 1.82) is 0 Å². The van der Waals surface area contributed by atoms with Crippen LogP contribution in [0.1, 0.15) is 17.0 Å². The maximum Gasteiger partial charge on any atom is 0.161 e. The Bertz CT molecular complexity index is 555. The summed E-state index contributed by atoms with van der Waals surface area (Å²) in [4.78, 5) is 9.92. The molecule has 17 heavy (non-hydrogen) atoms. The van der Waals surface area contributed by atoms with Crippen LogP contribution >= 0.6 is 23.4 Å². The molecular weight excluding hydrogens is 252 g/mol. The zero-order valence-corrected chi connectivity index (χ0v) is 11.6. The standard InChI is InChI=1S/C13H13ClN2S/c1-8-6-4-5-7-11(8)17-13-12(14)15-9(2)10(3)16-13/h4-7H,1-3H3. The first-order valence-electron chi connectivity index (χ1n) is 5.32. The molecule has 1 aromatic carbocycles. The predicted molar refractivity (Wildman–Crippen MR) is 71.8 cm³/mol. The Labute approximate surface area is 110 Å². The largest absolute Gasteiger partial charge is 0.241 e. The minimum Gasteiger partial charge on any atom is -0.241 e. The van der Waals surface area contributed by atoms with Crippen molar-refractivity contribution in [2.24, 2.45) is 0 Å². The van der Waals surface area contributed by atoms with Crippen LogP contribution in [0.5, 0.6) is 0 Å². The summed E-state index contributed by atoms with van der Waals surface area (Å²) in [6.07, 6.45) is 0. The molecule has 0 saturated heterocycles. The predicted octanol–water partition coefficient (Wildman–Crippen LogP) is 4.21. The highest BCUT2D eigenvalue weighted by molar-refractivity contribution is 7.99. The normalized spacial score (nSPS) is 10.6. The zero-order valence-electron chi connectivity index (χ0n) is 9.99. The first-order chi connectivity index (χ1) is 8.08. The second-order valence-electron chi connectivity index (χ2n) is 3.86. The first kappa shape index (κ1) is 12.4. The van der Waals surface area contributed by atoms with Crippen LogP contribution in [0.4, 0.5) is 0 Å². The van der Waals surface area contributed by atoms with Crippen molar-refractivity contribution >= 4 is 23.4 Å². The monoisotopic (exact) mass is 264 g/mol. The molecule has 1 aromatic heterocycles. The Morgan fingerprint density at radius 1 is 1.00 bits per heavy atom. The van der Waals surface area contributed by atoms with Crippen LogP contribution in [0.25, 0.3) is 0 Å². The fourth-order valence-electron chi connectivity index (χ4n) is 1.40. The molecule has 4 heteroatoms. The summed E-state index contributed by atoms with van der Waals surface area (Å²) in [5.74, 6) is 0. The van der Waals surface area contributed by atoms with E-state index in [9.17, 15) is 0 Å². The number of halogens is 1. The van der Waals surface area contributed by atoms with Gasteiger partial charge in [0.1, 0.15) is 5.03 Å². The van der Waals surface area contributed by atoms with E-state index in [0.717, 1.165) is 21.3 Å². The fraction of sp³-hybridized carbons (Fsp3) is 0.231. The molecule has 0 N–H and O–H groups in total. The van der Waals surface area contributed by atoms with Gasteiger partial charge in [-0.15, -0.1) is 0 Å². The molecule has 0 bridgehead atoms. The highest BCUT2D eigenvalue weighted by Gasteiger charge is 2.09. The summed E-state index contributed by atoms with van der Waals surface area (Å²) in [7, 11) is 0. The molecule has 0 aliphatic carbocycles. The van der Waals surface area contributed by atoms with E-state index in [1.165, 1.54) is 5.56 Å². The maximum absolute atomic E-state index is 6.11. The van der Waals surface area contributed by atoms with Gasteiger partial charge in [0, 0.05) is 4.90 Å². The first-order valence-corrected chi connectivity index (χ1v) is 6.51. The van der Waals surface area contributed by atoms with Crippen molar-refractivity contribution in [3.63, 3.8) is 0 Å². The van der Waals surface area contributed by atoms with Crippen LogP contribution < -0.4 is 0 Å². The van der Waals surface area contributed by atoms with E-state index in [2.05, 4.69) is 29.0 Å². The minimum atomic E-state index is 0.473. The molecule has 2 nitrogen and oxygen atoms in total. The van der Waals surface area contributed by atoms with Gasteiger partial charge in [0.25, 0.3) is 0 Å². The molecule has 0 radical (unpaired) electrons. The summed E-state index contributed by atoms with van der Waals surface area (Å²) >= 11 is 7.67. The Morgan fingerprint density at radius 2 is 1.65 bits per heavy atom. The number of rotatable bonds is 2. The Kier molecular flexibility index (Phi) is 3.69. The maximum atomic E-state index is 6.11. The third kappa shape index (κ3) is 2.79. The molecule has 1 heterocycles. The van der Waals surface area contributed by atoms with Crippen LogP contribution in [0.3, 0.4) is 0 Å². The number of aryl methyl sites for hydroxylation is 3. The van der Waals surface area contributed by atoms with E-state index in [0.29, 0.717) is 5.15 Å². The van der Waals surface area contributed by atoms with Crippen LogP contribution in [0.2, 0.25) is 5.15 Å². The average molecular weight is 265 g/mol. The molecule has 0 unspecified atom stereocenters. The molecule has 0 atom stereocenters. The molecule has 0 saturated carbocycles. The van der Waals surface area contributed by atoms with Gasteiger partial charge in [-0.2, -0.15) is 0 Å². The summed E-state index contributed by atoms with van der Waals surface area (Å²) in [6, 6.07) is 8.17. The molecule has 0 aliphatic heterocycles. The highest BCUT2D eigenvalue weighted by Crippen LogP contribution is 2.32. The Morgan fingerprint density at radius 3 is 2.35 bits per heavy atom. The topological polar surface area (TPSA) is 25.8 Å². The van der Waals surface area contributed by atoms with Crippen LogP contribution in [-0.4, -0.2) is 9.97 Å².